The van der Waals surface area contributed by atoms with Gasteiger partial charge in [-0.3, -0.25) is 19.2 Å². The molecule has 17 heteroatoms. The van der Waals surface area contributed by atoms with Crippen LogP contribution in [-0.4, -0.2) is 83.4 Å². The van der Waals surface area contributed by atoms with Crippen molar-refractivity contribution in [1.82, 2.24) is 10.6 Å². The maximum absolute atomic E-state index is 12.7. The lowest BCUT2D eigenvalue weighted by Gasteiger charge is -2.17. The minimum absolute atomic E-state index is 0.172. The second-order valence-electron chi connectivity index (χ2n) is 6.65. The van der Waals surface area contributed by atoms with Gasteiger partial charge in [0.25, 0.3) is 11.8 Å². The third-order valence-electron chi connectivity index (χ3n) is 4.03. The Bertz CT molecular complexity index is 834. The van der Waals surface area contributed by atoms with Crippen LogP contribution in [0.4, 0.5) is 0 Å². The zero-order valence-corrected chi connectivity index (χ0v) is 24.2. The average Bonchev–Trinajstić information content (AvgIpc) is 3.26. The minimum atomic E-state index is -0.624. The van der Waals surface area contributed by atoms with Crippen molar-refractivity contribution in [3.8, 4) is 11.5 Å². The molecule has 0 saturated carbocycles. The number of thiophene rings is 1. The highest BCUT2D eigenvalue weighted by atomic mass is 33.1. The van der Waals surface area contributed by atoms with Gasteiger partial charge in [-0.2, -0.15) is 25.3 Å². The molecule has 0 aliphatic carbocycles. The smallest absolute Gasteiger partial charge is 0.265 e. The van der Waals surface area contributed by atoms with Gasteiger partial charge in [0.15, 0.2) is 11.5 Å². The van der Waals surface area contributed by atoms with E-state index in [1.165, 1.54) is 21.6 Å². The number of hydrogen-bond donors (Lipinski definition) is 6. The molecule has 0 saturated heterocycles. The molecule has 0 fully saturated rings. The fourth-order valence-electron chi connectivity index (χ4n) is 2.29. The average molecular weight is 619 g/mol. The van der Waals surface area contributed by atoms with E-state index < -0.39 is 23.9 Å². The van der Waals surface area contributed by atoms with Crippen LogP contribution in [0.2, 0.25) is 0 Å². The van der Waals surface area contributed by atoms with Gasteiger partial charge in [-0.1, -0.05) is 21.6 Å². The molecule has 0 unspecified atom stereocenters. The van der Waals surface area contributed by atoms with E-state index >= 15 is 0 Å². The quantitative estimate of drug-likeness (QED) is 0.101. The number of nitrogens with one attached hydrogen (secondary N) is 2. The van der Waals surface area contributed by atoms with Crippen molar-refractivity contribution in [2.75, 3.05) is 49.3 Å². The molecule has 2 amide bonds. The van der Waals surface area contributed by atoms with Crippen LogP contribution in [0.1, 0.15) is 19.3 Å². The molecule has 0 aromatic carbocycles. The van der Waals surface area contributed by atoms with Crippen LogP contribution in [0, 0.1) is 0 Å². The first-order valence-electron chi connectivity index (χ1n) is 10.2. The largest absolute Gasteiger partial charge is 0.484 e. The molecule has 1 aromatic heterocycles. The Kier molecular flexibility index (Phi) is 14.5. The van der Waals surface area contributed by atoms with E-state index in [1.807, 2.05) is 0 Å². The number of nitrogens with two attached hydrogens (primary N) is 2. The Hall–Kier alpha value is -0.400. The number of fused-ring (bicyclic) bond motifs is 1. The lowest BCUT2D eigenvalue weighted by molar-refractivity contribution is -0.112. The summed E-state index contributed by atoms with van der Waals surface area (Å²) in [5.41, 5.74) is 11.2. The summed E-state index contributed by atoms with van der Waals surface area (Å²) in [7, 11) is 4.63. The molecule has 1 aliphatic rings. The molecule has 6 N–H and O–H groups in total. The minimum Gasteiger partial charge on any atom is -0.484 e. The van der Waals surface area contributed by atoms with Gasteiger partial charge in [0.2, 0.25) is 10.2 Å². The van der Waals surface area contributed by atoms with E-state index in [2.05, 4.69) is 35.9 Å². The van der Waals surface area contributed by atoms with Gasteiger partial charge in [0.05, 0.1) is 12.1 Å². The summed E-state index contributed by atoms with van der Waals surface area (Å²) in [6, 6.07) is -1.25. The van der Waals surface area contributed by atoms with Gasteiger partial charge in [0.1, 0.15) is 23.0 Å². The number of ether oxygens (including phenoxy) is 2. The maximum atomic E-state index is 12.7. The third kappa shape index (κ3) is 9.77. The van der Waals surface area contributed by atoms with Crippen LogP contribution in [0.3, 0.4) is 0 Å². The van der Waals surface area contributed by atoms with Crippen LogP contribution < -0.4 is 31.6 Å². The molecule has 10 nitrogen and oxygen atoms in total. The number of hydrogen-bond acceptors (Lipinski definition) is 15. The van der Waals surface area contributed by atoms with E-state index in [0.717, 1.165) is 32.9 Å². The second-order valence-corrected chi connectivity index (χ2v) is 13.2. The summed E-state index contributed by atoms with van der Waals surface area (Å²) in [4.78, 5) is 49.3. The molecule has 0 radical (unpaired) electrons. The molecule has 2 heterocycles. The number of carbonyl (C=O) groups excluding carboxylic acids is 4. The van der Waals surface area contributed by atoms with Crippen LogP contribution in [0.5, 0.6) is 11.5 Å². The number of thiol groups is 2. The van der Waals surface area contributed by atoms with E-state index in [4.69, 9.17) is 20.9 Å². The van der Waals surface area contributed by atoms with E-state index in [0.29, 0.717) is 24.6 Å². The van der Waals surface area contributed by atoms with Crippen molar-refractivity contribution in [1.29, 1.82) is 0 Å². The van der Waals surface area contributed by atoms with Crippen molar-refractivity contribution in [2.45, 2.75) is 12.1 Å². The van der Waals surface area contributed by atoms with Gasteiger partial charge in [-0.25, -0.2) is 0 Å². The molecule has 1 aliphatic heterocycles. The fourth-order valence-corrected chi connectivity index (χ4v) is 7.52. The highest BCUT2D eigenvalue weighted by Gasteiger charge is 2.31. The zero-order chi connectivity index (χ0) is 25.8. The number of amides is 2. The van der Waals surface area contributed by atoms with E-state index in [-0.39, 0.29) is 56.2 Å². The van der Waals surface area contributed by atoms with Crippen LogP contribution in [0.25, 0.3) is 0 Å². The van der Waals surface area contributed by atoms with E-state index in [9.17, 15) is 19.2 Å². The van der Waals surface area contributed by atoms with Gasteiger partial charge < -0.3 is 31.6 Å². The van der Waals surface area contributed by atoms with Gasteiger partial charge in [-0.15, -0.1) is 11.3 Å². The van der Waals surface area contributed by atoms with E-state index in [1.54, 1.807) is 0 Å². The Morgan fingerprint density at radius 2 is 1.23 bits per heavy atom. The summed E-state index contributed by atoms with van der Waals surface area (Å²) in [6.07, 6.45) is 0. The lowest BCUT2D eigenvalue weighted by atomic mass is 10.3. The Balaban J connectivity index is 1.86. The van der Waals surface area contributed by atoms with Gasteiger partial charge in [-0.05, 0) is 21.6 Å². The first-order chi connectivity index (χ1) is 16.8. The maximum Gasteiger partial charge on any atom is 0.265 e. The Morgan fingerprint density at radius 3 is 1.60 bits per heavy atom. The Labute approximate surface area is 233 Å². The predicted molar refractivity (Wildman–Crippen MR) is 154 cm³/mol. The predicted octanol–water partition coefficient (Wildman–Crippen LogP) is 1.31. The van der Waals surface area contributed by atoms with Crippen LogP contribution >= 0.6 is 79.8 Å². The van der Waals surface area contributed by atoms with Crippen molar-refractivity contribution >= 4 is 102 Å². The van der Waals surface area contributed by atoms with Gasteiger partial charge >= 0.3 is 0 Å². The molecule has 2 rings (SSSR count). The van der Waals surface area contributed by atoms with Crippen molar-refractivity contribution in [3.05, 3.63) is 9.75 Å². The first-order valence-corrected chi connectivity index (χ1v) is 16.9. The second kappa shape index (κ2) is 16.4. The standard InChI is InChI=1S/C18H26N4O6S7/c19-9(7-29)17(25)34-31-5-1-21-15(23)13-11-12(28-4-3-27-11)14(33-13)16(24)22-2-6-32-35-18(26)10(20)8-30/h9-10,29-30H,1-8,19-20H2,(H,21,23)(H,22,24)/t9-,10-/m0/s1. The summed E-state index contributed by atoms with van der Waals surface area (Å²) in [6.45, 7) is 1.14. The topological polar surface area (TPSA) is 163 Å². The summed E-state index contributed by atoms with van der Waals surface area (Å²) < 4.78 is 11.2. The first kappa shape index (κ1) is 30.8. The fraction of sp³-hybridized carbons (Fsp3) is 0.556. The van der Waals surface area contributed by atoms with Crippen molar-refractivity contribution in [2.24, 2.45) is 11.5 Å². The normalized spacial score (nSPS) is 14.2. The molecule has 196 valence electrons. The molecule has 0 spiro atoms. The molecular weight excluding hydrogens is 593 g/mol. The Morgan fingerprint density at radius 1 is 0.829 bits per heavy atom. The zero-order valence-electron chi connectivity index (χ0n) is 18.4. The van der Waals surface area contributed by atoms with Crippen LogP contribution in [0.15, 0.2) is 0 Å². The highest BCUT2D eigenvalue weighted by molar-refractivity contribution is 8.82. The highest BCUT2D eigenvalue weighted by Crippen LogP contribution is 2.44. The summed E-state index contributed by atoms with van der Waals surface area (Å²) in [5, 5.41) is 5.18. The summed E-state index contributed by atoms with van der Waals surface area (Å²) in [5.74, 6) is 1.21. The van der Waals surface area contributed by atoms with Gasteiger partial charge in [0, 0.05) is 36.1 Å². The monoisotopic (exact) mass is 618 g/mol. The molecule has 1 aromatic rings. The van der Waals surface area contributed by atoms with Crippen molar-refractivity contribution < 1.29 is 28.7 Å². The number of carbonyl (C=O) groups is 4. The van der Waals surface area contributed by atoms with Crippen LogP contribution in [-0.2, 0) is 9.59 Å². The lowest BCUT2D eigenvalue weighted by Crippen LogP contribution is -2.29. The molecule has 2 atom stereocenters. The molecular formula is C18H26N4O6S7. The number of rotatable bonds is 14. The molecule has 0 bridgehead atoms. The molecule has 35 heavy (non-hydrogen) atoms. The van der Waals surface area contributed by atoms with Crippen molar-refractivity contribution in [3.63, 3.8) is 0 Å². The third-order valence-corrected chi connectivity index (χ3v) is 10.6. The summed E-state index contributed by atoms with van der Waals surface area (Å²) >= 11 is 8.97. The SMILES string of the molecule is N[C@@H](CS)C(=O)SSCCNC(=O)c1sc(C(=O)NCCSSC(=O)[C@@H](N)CS)c2c1OCCO2.